The van der Waals surface area contributed by atoms with Gasteiger partial charge in [0.25, 0.3) is 0 Å². The van der Waals surface area contributed by atoms with Gasteiger partial charge in [-0.25, -0.2) is 8.42 Å². The minimum atomic E-state index is -3.03. The molecule has 0 saturated carbocycles. The van der Waals surface area contributed by atoms with Gasteiger partial charge < -0.3 is 15.4 Å². The van der Waals surface area contributed by atoms with Crippen molar-refractivity contribution in [1.29, 1.82) is 0 Å². The molecule has 124 valence electrons. The van der Waals surface area contributed by atoms with E-state index in [2.05, 4.69) is 15.7 Å². The number of morpholine rings is 1. The Morgan fingerprint density at radius 1 is 1.59 bits per heavy atom. The monoisotopic (exact) mass is 330 g/mol. The Morgan fingerprint density at radius 3 is 3.05 bits per heavy atom. The molecule has 1 aromatic rings. The average Bonchev–Trinajstić information content (AvgIpc) is 2.93. The summed E-state index contributed by atoms with van der Waals surface area (Å²) >= 11 is 0. The van der Waals surface area contributed by atoms with Gasteiger partial charge in [0, 0.05) is 24.6 Å². The second-order valence-electron chi connectivity index (χ2n) is 5.20. The summed E-state index contributed by atoms with van der Waals surface area (Å²) in [5.41, 5.74) is 0. The number of ether oxygens (including phenoxy) is 1. The molecule has 1 amide bonds. The third-order valence-electron chi connectivity index (χ3n) is 3.56. The summed E-state index contributed by atoms with van der Waals surface area (Å²) < 4.78 is 29.9. The second-order valence-corrected chi connectivity index (χ2v) is 7.67. The lowest BCUT2D eigenvalue weighted by molar-refractivity contribution is -0.123. The predicted molar refractivity (Wildman–Crippen MR) is 82.4 cm³/mol. The SMILES string of the molecule is CCS(=O)(=O)CCn1ccc(NC(=O)[C@H]2NCCO[C@@H]2C)n1. The number of nitrogens with zero attached hydrogens (tertiary/aromatic N) is 2. The predicted octanol–water partition coefficient (Wildman–Crippen LogP) is -0.367. The van der Waals surface area contributed by atoms with E-state index in [9.17, 15) is 13.2 Å². The molecule has 22 heavy (non-hydrogen) atoms. The Hall–Kier alpha value is -1.45. The molecule has 9 heteroatoms. The smallest absolute Gasteiger partial charge is 0.245 e. The van der Waals surface area contributed by atoms with Crippen molar-refractivity contribution >= 4 is 21.6 Å². The topological polar surface area (TPSA) is 102 Å². The van der Waals surface area contributed by atoms with Gasteiger partial charge >= 0.3 is 0 Å². The molecule has 0 bridgehead atoms. The molecule has 8 nitrogen and oxygen atoms in total. The van der Waals surface area contributed by atoms with Crippen LogP contribution in [0.3, 0.4) is 0 Å². The van der Waals surface area contributed by atoms with Crippen LogP contribution in [0.1, 0.15) is 13.8 Å². The fraction of sp³-hybridized carbons (Fsp3) is 0.692. The molecule has 0 spiro atoms. The number of aryl methyl sites for hydroxylation is 1. The number of nitrogens with one attached hydrogen (secondary N) is 2. The minimum absolute atomic E-state index is 0.0353. The summed E-state index contributed by atoms with van der Waals surface area (Å²) in [6.07, 6.45) is 1.44. The summed E-state index contributed by atoms with van der Waals surface area (Å²) in [6.45, 7) is 4.94. The van der Waals surface area contributed by atoms with Gasteiger partial charge in [-0.15, -0.1) is 0 Å². The maximum absolute atomic E-state index is 12.2. The van der Waals surface area contributed by atoms with Crippen LogP contribution in [0.4, 0.5) is 5.82 Å². The number of amides is 1. The summed E-state index contributed by atoms with van der Waals surface area (Å²) in [5.74, 6) is 0.341. The van der Waals surface area contributed by atoms with E-state index in [1.165, 1.54) is 4.68 Å². The molecule has 0 unspecified atom stereocenters. The first kappa shape index (κ1) is 16.9. The van der Waals surface area contributed by atoms with Crippen LogP contribution in [-0.2, 0) is 25.9 Å². The molecule has 1 aliphatic rings. The van der Waals surface area contributed by atoms with Crippen LogP contribution in [0, 0.1) is 0 Å². The molecule has 0 aliphatic carbocycles. The van der Waals surface area contributed by atoms with Crippen molar-refractivity contribution in [2.45, 2.75) is 32.5 Å². The highest BCUT2D eigenvalue weighted by Crippen LogP contribution is 2.08. The number of hydrogen-bond acceptors (Lipinski definition) is 6. The van der Waals surface area contributed by atoms with Gasteiger partial charge in [-0.1, -0.05) is 6.92 Å². The van der Waals surface area contributed by atoms with E-state index in [1.54, 1.807) is 19.2 Å². The molecule has 2 rings (SSSR count). The fourth-order valence-electron chi connectivity index (χ4n) is 2.16. The third-order valence-corrected chi connectivity index (χ3v) is 5.25. The molecule has 1 fully saturated rings. The van der Waals surface area contributed by atoms with Crippen molar-refractivity contribution in [3.05, 3.63) is 12.3 Å². The van der Waals surface area contributed by atoms with Gasteiger partial charge in [-0.3, -0.25) is 9.48 Å². The number of aromatic nitrogens is 2. The molecular formula is C13H22N4O4S. The first-order chi connectivity index (χ1) is 10.4. The zero-order valence-corrected chi connectivity index (χ0v) is 13.6. The van der Waals surface area contributed by atoms with Crippen LogP contribution in [0.25, 0.3) is 0 Å². The van der Waals surface area contributed by atoms with Crippen molar-refractivity contribution in [3.8, 4) is 0 Å². The second kappa shape index (κ2) is 7.21. The van der Waals surface area contributed by atoms with Gasteiger partial charge in [0.05, 0.1) is 25.0 Å². The number of sulfone groups is 1. The van der Waals surface area contributed by atoms with E-state index in [1.807, 2.05) is 6.92 Å². The van der Waals surface area contributed by atoms with Gasteiger partial charge in [0.1, 0.15) is 6.04 Å². The fourth-order valence-corrected chi connectivity index (χ4v) is 2.92. The van der Waals surface area contributed by atoms with E-state index in [0.717, 1.165) is 0 Å². The number of carbonyl (C=O) groups is 1. The summed E-state index contributed by atoms with van der Waals surface area (Å²) in [5, 5.41) is 9.97. The molecule has 0 radical (unpaired) electrons. The van der Waals surface area contributed by atoms with Crippen LogP contribution >= 0.6 is 0 Å². The Labute approximate surface area is 130 Å². The third kappa shape index (κ3) is 4.52. The molecule has 0 aromatic carbocycles. The number of anilines is 1. The number of rotatable bonds is 6. The Morgan fingerprint density at radius 2 is 2.36 bits per heavy atom. The minimum Gasteiger partial charge on any atom is -0.375 e. The molecule has 2 atom stereocenters. The van der Waals surface area contributed by atoms with E-state index in [-0.39, 0.29) is 30.1 Å². The first-order valence-electron chi connectivity index (χ1n) is 7.31. The van der Waals surface area contributed by atoms with Gasteiger partial charge in [-0.2, -0.15) is 5.10 Å². The number of hydrogen-bond donors (Lipinski definition) is 2. The van der Waals surface area contributed by atoms with E-state index in [0.29, 0.717) is 19.0 Å². The molecule has 2 N–H and O–H groups in total. The Kier molecular flexibility index (Phi) is 5.54. The molecule has 1 aliphatic heterocycles. The molecule has 1 aromatic heterocycles. The van der Waals surface area contributed by atoms with E-state index >= 15 is 0 Å². The molecular weight excluding hydrogens is 308 g/mol. The van der Waals surface area contributed by atoms with Crippen molar-refractivity contribution in [2.75, 3.05) is 30.0 Å². The van der Waals surface area contributed by atoms with Crippen LogP contribution < -0.4 is 10.6 Å². The van der Waals surface area contributed by atoms with Crippen molar-refractivity contribution < 1.29 is 17.9 Å². The molecule has 2 heterocycles. The van der Waals surface area contributed by atoms with Crippen molar-refractivity contribution in [1.82, 2.24) is 15.1 Å². The summed E-state index contributed by atoms with van der Waals surface area (Å²) in [4.78, 5) is 12.2. The zero-order valence-electron chi connectivity index (χ0n) is 12.8. The van der Waals surface area contributed by atoms with Crippen LogP contribution in [0.5, 0.6) is 0 Å². The lowest BCUT2D eigenvalue weighted by Gasteiger charge is -2.28. The Balaban J connectivity index is 1.90. The average molecular weight is 330 g/mol. The first-order valence-corrected chi connectivity index (χ1v) is 9.13. The highest BCUT2D eigenvalue weighted by atomic mass is 32.2. The highest BCUT2D eigenvalue weighted by Gasteiger charge is 2.28. The Bertz CT molecular complexity index is 613. The normalized spacial score (nSPS) is 22.5. The lowest BCUT2D eigenvalue weighted by atomic mass is 10.1. The van der Waals surface area contributed by atoms with Crippen LogP contribution in [-0.4, -0.2) is 60.9 Å². The standard InChI is InChI=1S/C13H22N4O4S/c1-3-22(19,20)9-7-17-6-4-11(16-17)15-13(18)12-10(2)21-8-5-14-12/h4,6,10,12,14H,3,5,7-9H2,1-2H3,(H,15,16,18)/t10-,12+/m1/s1. The van der Waals surface area contributed by atoms with Crippen LogP contribution in [0.2, 0.25) is 0 Å². The zero-order chi connectivity index (χ0) is 16.2. The van der Waals surface area contributed by atoms with E-state index < -0.39 is 15.9 Å². The van der Waals surface area contributed by atoms with Crippen molar-refractivity contribution in [3.63, 3.8) is 0 Å². The maximum atomic E-state index is 12.2. The maximum Gasteiger partial charge on any atom is 0.245 e. The summed E-state index contributed by atoms with van der Waals surface area (Å²) in [6, 6.07) is 1.23. The highest BCUT2D eigenvalue weighted by molar-refractivity contribution is 7.91. The van der Waals surface area contributed by atoms with Gasteiger partial charge in [0.2, 0.25) is 5.91 Å². The number of carbonyl (C=O) groups excluding carboxylic acids is 1. The van der Waals surface area contributed by atoms with E-state index in [4.69, 9.17) is 4.74 Å². The molecule has 1 saturated heterocycles. The lowest BCUT2D eigenvalue weighted by Crippen LogP contribution is -2.53. The van der Waals surface area contributed by atoms with Gasteiger partial charge in [-0.05, 0) is 6.92 Å². The van der Waals surface area contributed by atoms with Crippen molar-refractivity contribution in [2.24, 2.45) is 0 Å². The summed E-state index contributed by atoms with van der Waals surface area (Å²) in [7, 11) is -3.03. The van der Waals surface area contributed by atoms with Gasteiger partial charge in [0.15, 0.2) is 15.7 Å². The quantitative estimate of drug-likeness (QED) is 0.738. The largest absolute Gasteiger partial charge is 0.375 e. The van der Waals surface area contributed by atoms with Crippen LogP contribution in [0.15, 0.2) is 12.3 Å².